The summed E-state index contributed by atoms with van der Waals surface area (Å²) in [6.07, 6.45) is 2.56. The Morgan fingerprint density at radius 3 is 2.43 bits per heavy atom. The molecule has 0 saturated carbocycles. The predicted octanol–water partition coefficient (Wildman–Crippen LogP) is 1.64. The lowest BCUT2D eigenvalue weighted by Gasteiger charge is -2.34. The first-order valence-electron chi connectivity index (χ1n) is 7.72. The van der Waals surface area contributed by atoms with Crippen molar-refractivity contribution in [3.63, 3.8) is 0 Å². The summed E-state index contributed by atoms with van der Waals surface area (Å²) in [4.78, 5) is 0.327. The normalized spacial score (nSPS) is 23.1. The Labute approximate surface area is 136 Å². The minimum absolute atomic E-state index is 0.327. The minimum Gasteiger partial charge on any atom is -0.207 e. The number of rotatable bonds is 3. The molecule has 0 spiro atoms. The molecule has 2 aromatic rings. The van der Waals surface area contributed by atoms with Crippen LogP contribution in [0, 0.1) is 18.8 Å². The lowest BCUT2D eigenvalue weighted by atomic mass is 9.94. The summed E-state index contributed by atoms with van der Waals surface area (Å²) >= 11 is 0. The Balaban J connectivity index is 1.93. The first-order chi connectivity index (χ1) is 10.9. The average molecular weight is 335 g/mol. The second-order valence-electron chi connectivity index (χ2n) is 6.47. The van der Waals surface area contributed by atoms with E-state index in [2.05, 4.69) is 29.4 Å². The Morgan fingerprint density at radius 2 is 1.87 bits per heavy atom. The van der Waals surface area contributed by atoms with Gasteiger partial charge in [0.25, 0.3) is 0 Å². The third-order valence-corrected chi connectivity index (χ3v) is 6.06. The molecule has 0 aliphatic carbocycles. The van der Waals surface area contributed by atoms with E-state index < -0.39 is 10.0 Å². The molecule has 7 nitrogen and oxygen atoms in total. The van der Waals surface area contributed by atoms with Gasteiger partial charge in [-0.3, -0.25) is 0 Å². The summed E-state index contributed by atoms with van der Waals surface area (Å²) in [5, 5.41) is 11.1. The molecule has 2 heterocycles. The quantitative estimate of drug-likeness (QED) is 0.852. The fraction of sp³-hybridized carbons (Fsp3) is 0.533. The van der Waals surface area contributed by atoms with Crippen molar-refractivity contribution < 1.29 is 8.42 Å². The third-order valence-electron chi connectivity index (χ3n) is 4.24. The van der Waals surface area contributed by atoms with Crippen LogP contribution in [0.4, 0.5) is 0 Å². The van der Waals surface area contributed by atoms with Crippen molar-refractivity contribution in [2.45, 2.75) is 32.1 Å². The van der Waals surface area contributed by atoms with E-state index in [1.54, 1.807) is 22.5 Å². The van der Waals surface area contributed by atoms with E-state index in [4.69, 9.17) is 0 Å². The van der Waals surface area contributed by atoms with Gasteiger partial charge in [-0.2, -0.15) is 4.31 Å². The predicted molar refractivity (Wildman–Crippen MR) is 85.6 cm³/mol. The number of aromatic nitrogens is 4. The lowest BCUT2D eigenvalue weighted by Crippen LogP contribution is -2.42. The van der Waals surface area contributed by atoms with Crippen molar-refractivity contribution in [2.24, 2.45) is 11.8 Å². The van der Waals surface area contributed by atoms with Gasteiger partial charge in [0, 0.05) is 13.1 Å². The molecule has 2 unspecified atom stereocenters. The zero-order chi connectivity index (χ0) is 16.6. The van der Waals surface area contributed by atoms with Crippen molar-refractivity contribution in [3.05, 3.63) is 30.1 Å². The molecule has 1 aliphatic heterocycles. The standard InChI is InChI=1S/C15H21N5O2S/c1-11-6-12(2)9-19(8-11)23(21,22)14-4-5-15(13(3)7-14)20-10-16-17-18-20/h4-5,7,10-12H,6,8-9H2,1-3H3. The van der Waals surface area contributed by atoms with Crippen molar-refractivity contribution in [2.75, 3.05) is 13.1 Å². The molecular weight excluding hydrogens is 314 g/mol. The Morgan fingerprint density at radius 1 is 1.17 bits per heavy atom. The summed E-state index contributed by atoms with van der Waals surface area (Å²) in [6, 6.07) is 5.06. The van der Waals surface area contributed by atoms with Crippen LogP contribution in [-0.4, -0.2) is 46.0 Å². The van der Waals surface area contributed by atoms with Crippen LogP contribution >= 0.6 is 0 Å². The second-order valence-corrected chi connectivity index (χ2v) is 8.41. The molecular formula is C15H21N5O2S. The maximum atomic E-state index is 12.9. The largest absolute Gasteiger partial charge is 0.243 e. The number of benzene rings is 1. The smallest absolute Gasteiger partial charge is 0.207 e. The van der Waals surface area contributed by atoms with Gasteiger partial charge in [-0.25, -0.2) is 13.1 Å². The van der Waals surface area contributed by atoms with Crippen LogP contribution in [0.2, 0.25) is 0 Å². The molecule has 8 heteroatoms. The maximum absolute atomic E-state index is 12.9. The van der Waals surface area contributed by atoms with Gasteiger partial charge >= 0.3 is 0 Å². The molecule has 3 rings (SSSR count). The Bertz CT molecular complexity index is 778. The van der Waals surface area contributed by atoms with Gasteiger partial charge in [-0.1, -0.05) is 13.8 Å². The van der Waals surface area contributed by atoms with Gasteiger partial charge in [0.15, 0.2) is 0 Å². The van der Waals surface area contributed by atoms with Crippen LogP contribution in [0.15, 0.2) is 29.4 Å². The monoisotopic (exact) mass is 335 g/mol. The summed E-state index contributed by atoms with van der Waals surface area (Å²) in [6.45, 7) is 7.23. The molecule has 1 saturated heterocycles. The summed E-state index contributed by atoms with van der Waals surface area (Å²) in [5.41, 5.74) is 1.59. The van der Waals surface area contributed by atoms with Crippen LogP contribution in [0.5, 0.6) is 0 Å². The molecule has 23 heavy (non-hydrogen) atoms. The number of piperidine rings is 1. The van der Waals surface area contributed by atoms with Gasteiger partial charge in [-0.05, 0) is 59.4 Å². The highest BCUT2D eigenvalue weighted by Crippen LogP contribution is 2.27. The highest BCUT2D eigenvalue weighted by Gasteiger charge is 2.31. The van der Waals surface area contributed by atoms with Gasteiger partial charge in [-0.15, -0.1) is 5.10 Å². The fourth-order valence-corrected chi connectivity index (χ4v) is 5.03. The SMILES string of the molecule is Cc1cc(S(=O)(=O)N2CC(C)CC(C)C2)ccc1-n1cnnn1. The highest BCUT2D eigenvalue weighted by atomic mass is 32.2. The molecule has 1 aromatic heterocycles. The molecule has 0 radical (unpaired) electrons. The molecule has 2 atom stereocenters. The van der Waals surface area contributed by atoms with Crippen molar-refractivity contribution in [1.29, 1.82) is 0 Å². The molecule has 0 N–H and O–H groups in total. The van der Waals surface area contributed by atoms with E-state index in [1.165, 1.54) is 11.0 Å². The van der Waals surface area contributed by atoms with Crippen LogP contribution in [0.3, 0.4) is 0 Å². The molecule has 1 aromatic carbocycles. The van der Waals surface area contributed by atoms with E-state index >= 15 is 0 Å². The van der Waals surface area contributed by atoms with E-state index in [0.29, 0.717) is 29.8 Å². The minimum atomic E-state index is -3.46. The number of aryl methyl sites for hydroxylation is 1. The number of tetrazole rings is 1. The zero-order valence-corrected chi connectivity index (χ0v) is 14.4. The first-order valence-corrected chi connectivity index (χ1v) is 9.16. The molecule has 1 aliphatic rings. The molecule has 0 amide bonds. The van der Waals surface area contributed by atoms with Crippen molar-refractivity contribution in [3.8, 4) is 5.69 Å². The van der Waals surface area contributed by atoms with Gasteiger partial charge in [0.2, 0.25) is 10.0 Å². The van der Waals surface area contributed by atoms with Gasteiger partial charge in [0.05, 0.1) is 10.6 Å². The third kappa shape index (κ3) is 3.13. The highest BCUT2D eigenvalue weighted by molar-refractivity contribution is 7.89. The van der Waals surface area contributed by atoms with Crippen LogP contribution in [-0.2, 0) is 10.0 Å². The lowest BCUT2D eigenvalue weighted by molar-refractivity contribution is 0.222. The molecule has 0 bridgehead atoms. The van der Waals surface area contributed by atoms with Crippen LogP contribution in [0.25, 0.3) is 5.69 Å². The zero-order valence-electron chi connectivity index (χ0n) is 13.5. The van der Waals surface area contributed by atoms with E-state index in [0.717, 1.165) is 17.7 Å². The van der Waals surface area contributed by atoms with Crippen molar-refractivity contribution in [1.82, 2.24) is 24.5 Å². The number of sulfonamides is 1. The van der Waals surface area contributed by atoms with Gasteiger partial charge < -0.3 is 0 Å². The molecule has 1 fully saturated rings. The number of hydrogen-bond donors (Lipinski definition) is 0. The second kappa shape index (κ2) is 6.01. The van der Waals surface area contributed by atoms with Gasteiger partial charge in [0.1, 0.15) is 6.33 Å². The topological polar surface area (TPSA) is 81.0 Å². The first kappa shape index (κ1) is 16.1. The van der Waals surface area contributed by atoms with E-state index in [-0.39, 0.29) is 0 Å². The average Bonchev–Trinajstić information content (AvgIpc) is 3.00. The Kier molecular flexibility index (Phi) is 4.20. The molecule has 124 valence electrons. The summed E-state index contributed by atoms with van der Waals surface area (Å²) < 4.78 is 28.9. The van der Waals surface area contributed by atoms with E-state index in [9.17, 15) is 8.42 Å². The maximum Gasteiger partial charge on any atom is 0.243 e. The summed E-state index contributed by atoms with van der Waals surface area (Å²) in [5.74, 6) is 0.769. The fourth-order valence-electron chi connectivity index (χ4n) is 3.27. The summed E-state index contributed by atoms with van der Waals surface area (Å²) in [7, 11) is -3.46. The number of nitrogens with zero attached hydrogens (tertiary/aromatic N) is 5. The van der Waals surface area contributed by atoms with E-state index in [1.807, 2.05) is 6.92 Å². The van der Waals surface area contributed by atoms with Crippen LogP contribution < -0.4 is 0 Å². The Hall–Kier alpha value is -1.80. The number of hydrogen-bond acceptors (Lipinski definition) is 5. The van der Waals surface area contributed by atoms with Crippen LogP contribution in [0.1, 0.15) is 25.8 Å². The van der Waals surface area contributed by atoms with Crippen molar-refractivity contribution >= 4 is 10.0 Å².